The zero-order chi connectivity index (χ0) is 22.1. The van der Waals surface area contributed by atoms with Crippen molar-refractivity contribution >= 4 is 21.6 Å². The first-order valence-corrected chi connectivity index (χ1v) is 12.0. The molecule has 30 heavy (non-hydrogen) atoms. The number of nitrogens with one attached hydrogen (secondary N) is 1. The van der Waals surface area contributed by atoms with E-state index in [4.69, 9.17) is 4.74 Å². The molecule has 7 heteroatoms. The highest BCUT2D eigenvalue weighted by Gasteiger charge is 2.18. The Balaban J connectivity index is 1.77. The maximum atomic E-state index is 12.2. The standard InChI is InChI=1S/C23H32N2O4S/c1-18-15-19(2)17-21(16-18)25(30(4,27)28)14-6-8-23(26)24-13-5-7-20-9-11-22(29-3)12-10-20/h9-12,15-17H,5-8,13-14H2,1-4H3,(H,24,26). The summed E-state index contributed by atoms with van der Waals surface area (Å²) in [6.45, 7) is 4.76. The van der Waals surface area contributed by atoms with Gasteiger partial charge in [-0.3, -0.25) is 9.10 Å². The number of ether oxygens (including phenoxy) is 1. The zero-order valence-corrected chi connectivity index (χ0v) is 19.1. The van der Waals surface area contributed by atoms with E-state index >= 15 is 0 Å². The number of sulfonamides is 1. The Hall–Kier alpha value is -2.54. The van der Waals surface area contributed by atoms with Crippen LogP contribution in [0.15, 0.2) is 42.5 Å². The molecule has 0 aliphatic heterocycles. The van der Waals surface area contributed by atoms with Gasteiger partial charge in [-0.15, -0.1) is 0 Å². The maximum Gasteiger partial charge on any atom is 0.232 e. The molecule has 1 amide bonds. The van der Waals surface area contributed by atoms with Crippen molar-refractivity contribution in [1.82, 2.24) is 5.32 Å². The van der Waals surface area contributed by atoms with E-state index < -0.39 is 10.0 Å². The molecule has 0 fully saturated rings. The van der Waals surface area contributed by atoms with Gasteiger partial charge in [0.1, 0.15) is 5.75 Å². The monoisotopic (exact) mass is 432 g/mol. The third kappa shape index (κ3) is 7.71. The number of hydrogen-bond donors (Lipinski definition) is 1. The predicted molar refractivity (Wildman–Crippen MR) is 122 cm³/mol. The molecule has 0 bridgehead atoms. The van der Waals surface area contributed by atoms with Crippen LogP contribution in [0, 0.1) is 13.8 Å². The second-order valence-corrected chi connectivity index (χ2v) is 9.49. The van der Waals surface area contributed by atoms with Gasteiger partial charge >= 0.3 is 0 Å². The number of anilines is 1. The summed E-state index contributed by atoms with van der Waals surface area (Å²) in [6.07, 6.45) is 3.67. The lowest BCUT2D eigenvalue weighted by Gasteiger charge is -2.23. The van der Waals surface area contributed by atoms with E-state index in [2.05, 4.69) is 5.32 Å². The number of hydrogen-bond acceptors (Lipinski definition) is 4. The highest BCUT2D eigenvalue weighted by molar-refractivity contribution is 7.92. The van der Waals surface area contributed by atoms with Crippen LogP contribution in [0.2, 0.25) is 0 Å². The molecule has 0 aliphatic rings. The van der Waals surface area contributed by atoms with E-state index in [0.29, 0.717) is 25.1 Å². The minimum atomic E-state index is -3.41. The van der Waals surface area contributed by atoms with E-state index in [9.17, 15) is 13.2 Å². The Morgan fingerprint density at radius 1 is 1.03 bits per heavy atom. The van der Waals surface area contributed by atoms with Gasteiger partial charge in [0.25, 0.3) is 0 Å². The summed E-state index contributed by atoms with van der Waals surface area (Å²) in [4.78, 5) is 12.1. The van der Waals surface area contributed by atoms with E-state index in [1.165, 1.54) is 16.1 Å². The minimum absolute atomic E-state index is 0.0568. The number of rotatable bonds is 11. The van der Waals surface area contributed by atoms with Gasteiger partial charge in [0.2, 0.25) is 15.9 Å². The van der Waals surface area contributed by atoms with E-state index in [1.54, 1.807) is 7.11 Å². The lowest BCUT2D eigenvalue weighted by Crippen LogP contribution is -2.32. The topological polar surface area (TPSA) is 75.7 Å². The molecule has 6 nitrogen and oxygen atoms in total. The van der Waals surface area contributed by atoms with Gasteiger partial charge in [0.05, 0.1) is 19.1 Å². The summed E-state index contributed by atoms with van der Waals surface area (Å²) in [5.74, 6) is 0.773. The number of carbonyl (C=O) groups excluding carboxylic acids is 1. The van der Waals surface area contributed by atoms with Gasteiger partial charge in [-0.1, -0.05) is 18.2 Å². The second-order valence-electron chi connectivity index (χ2n) is 7.59. The molecule has 0 saturated heterocycles. The molecule has 0 saturated carbocycles. The fourth-order valence-electron chi connectivity index (χ4n) is 3.37. The Labute approximate surface area is 180 Å². The Bertz CT molecular complexity index is 920. The van der Waals surface area contributed by atoms with E-state index in [0.717, 1.165) is 29.7 Å². The Kier molecular flexibility index (Phi) is 8.72. The minimum Gasteiger partial charge on any atom is -0.497 e. The van der Waals surface area contributed by atoms with Crippen molar-refractivity contribution in [3.63, 3.8) is 0 Å². The first-order valence-electron chi connectivity index (χ1n) is 10.1. The lowest BCUT2D eigenvalue weighted by molar-refractivity contribution is -0.121. The average molecular weight is 433 g/mol. The van der Waals surface area contributed by atoms with Crippen LogP contribution >= 0.6 is 0 Å². The van der Waals surface area contributed by atoms with Gasteiger partial charge in [-0.05, 0) is 74.1 Å². The van der Waals surface area contributed by atoms with Crippen molar-refractivity contribution in [2.24, 2.45) is 0 Å². The number of nitrogens with zero attached hydrogens (tertiary/aromatic N) is 1. The molecule has 0 aromatic heterocycles. The number of benzene rings is 2. The average Bonchev–Trinajstić information content (AvgIpc) is 2.67. The normalized spacial score (nSPS) is 11.2. The molecule has 2 rings (SSSR count). The first kappa shape index (κ1) is 23.7. The van der Waals surface area contributed by atoms with Gasteiger partial charge in [-0.2, -0.15) is 0 Å². The molecule has 164 valence electrons. The molecule has 0 atom stereocenters. The lowest BCUT2D eigenvalue weighted by atomic mass is 10.1. The summed E-state index contributed by atoms with van der Waals surface area (Å²) in [7, 11) is -1.77. The summed E-state index contributed by atoms with van der Waals surface area (Å²) < 4.78 is 31.0. The van der Waals surface area contributed by atoms with Crippen molar-refractivity contribution in [3.8, 4) is 5.75 Å². The maximum absolute atomic E-state index is 12.2. The van der Waals surface area contributed by atoms with Crippen molar-refractivity contribution in [3.05, 3.63) is 59.2 Å². The summed E-state index contributed by atoms with van der Waals surface area (Å²) in [6, 6.07) is 13.6. The fourth-order valence-corrected chi connectivity index (χ4v) is 4.31. The molecule has 0 heterocycles. The van der Waals surface area contributed by atoms with Gasteiger partial charge in [0, 0.05) is 19.5 Å². The quantitative estimate of drug-likeness (QED) is 0.551. The molecule has 0 radical (unpaired) electrons. The highest BCUT2D eigenvalue weighted by atomic mass is 32.2. The molecular weight excluding hydrogens is 400 g/mol. The fraction of sp³-hybridized carbons (Fsp3) is 0.435. The molecule has 0 aliphatic carbocycles. The summed E-state index contributed by atoms with van der Waals surface area (Å²) in [5, 5.41) is 2.91. The van der Waals surface area contributed by atoms with Crippen LogP contribution in [0.3, 0.4) is 0 Å². The van der Waals surface area contributed by atoms with Crippen molar-refractivity contribution in [2.75, 3.05) is 30.8 Å². The van der Waals surface area contributed by atoms with Crippen LogP contribution in [0.4, 0.5) is 5.69 Å². The van der Waals surface area contributed by atoms with Gasteiger partial charge < -0.3 is 10.1 Å². The number of methoxy groups -OCH3 is 1. The highest BCUT2D eigenvalue weighted by Crippen LogP contribution is 2.22. The van der Waals surface area contributed by atoms with Crippen LogP contribution in [-0.4, -0.2) is 40.8 Å². The molecular formula is C23H32N2O4S. The predicted octanol–water partition coefficient (Wildman–Crippen LogP) is 3.61. The summed E-state index contributed by atoms with van der Waals surface area (Å²) >= 11 is 0. The van der Waals surface area contributed by atoms with Gasteiger partial charge in [0.15, 0.2) is 0 Å². The Morgan fingerprint density at radius 3 is 2.23 bits per heavy atom. The van der Waals surface area contributed by atoms with Crippen LogP contribution in [-0.2, 0) is 21.2 Å². The first-order chi connectivity index (χ1) is 14.2. The second kappa shape index (κ2) is 11.0. The SMILES string of the molecule is COc1ccc(CCCNC(=O)CCCN(c2cc(C)cc(C)c2)S(C)(=O)=O)cc1. The molecule has 0 spiro atoms. The van der Waals surface area contributed by atoms with Crippen molar-refractivity contribution < 1.29 is 17.9 Å². The number of amides is 1. The number of aryl methyl sites for hydroxylation is 3. The molecule has 2 aromatic carbocycles. The van der Waals surface area contributed by atoms with Crippen LogP contribution < -0.4 is 14.4 Å². The number of carbonyl (C=O) groups is 1. The van der Waals surface area contributed by atoms with Crippen molar-refractivity contribution in [2.45, 2.75) is 39.5 Å². The zero-order valence-electron chi connectivity index (χ0n) is 18.3. The smallest absolute Gasteiger partial charge is 0.232 e. The van der Waals surface area contributed by atoms with Crippen LogP contribution in [0.25, 0.3) is 0 Å². The van der Waals surface area contributed by atoms with Crippen LogP contribution in [0.1, 0.15) is 36.0 Å². The molecule has 0 unspecified atom stereocenters. The molecule has 2 aromatic rings. The largest absolute Gasteiger partial charge is 0.497 e. The van der Waals surface area contributed by atoms with E-state index in [1.807, 2.05) is 56.3 Å². The van der Waals surface area contributed by atoms with Gasteiger partial charge in [-0.25, -0.2) is 8.42 Å². The van der Waals surface area contributed by atoms with Crippen molar-refractivity contribution in [1.29, 1.82) is 0 Å². The molecule has 1 N–H and O–H groups in total. The van der Waals surface area contributed by atoms with Crippen LogP contribution in [0.5, 0.6) is 5.75 Å². The summed E-state index contributed by atoms with van der Waals surface area (Å²) in [5.41, 5.74) is 3.86. The third-order valence-corrected chi connectivity index (χ3v) is 5.98. The Morgan fingerprint density at radius 2 is 1.67 bits per heavy atom. The van der Waals surface area contributed by atoms with E-state index in [-0.39, 0.29) is 12.5 Å². The third-order valence-electron chi connectivity index (χ3n) is 4.78.